The van der Waals surface area contributed by atoms with Crippen molar-refractivity contribution in [3.8, 4) is 0 Å². The lowest BCUT2D eigenvalue weighted by molar-refractivity contribution is -0.190. The molecule has 0 aliphatic carbocycles. The number of carbonyl (C=O) groups excluding carboxylic acids is 2. The van der Waals surface area contributed by atoms with E-state index in [-0.39, 0.29) is 31.6 Å². The fraction of sp³-hybridized carbons (Fsp3) is 0.750. The molecule has 2 N–H and O–H groups in total. The third kappa shape index (κ3) is 3.09. The summed E-state index contributed by atoms with van der Waals surface area (Å²) in [7, 11) is 1.58. The topological polar surface area (TPSA) is 61.4 Å². The molecule has 1 aliphatic rings. The van der Waals surface area contributed by atoms with Gasteiger partial charge in [0.05, 0.1) is 12.6 Å². The van der Waals surface area contributed by atoms with Crippen molar-refractivity contribution in [3.05, 3.63) is 0 Å². The van der Waals surface area contributed by atoms with Crippen molar-refractivity contribution in [3.63, 3.8) is 0 Å². The van der Waals surface area contributed by atoms with Crippen LogP contribution in [0.5, 0.6) is 0 Å². The molecule has 8 heteroatoms. The highest BCUT2D eigenvalue weighted by molar-refractivity contribution is 5.83. The number of nitrogens with zero attached hydrogens (tertiary/aromatic N) is 1. The summed E-state index contributed by atoms with van der Waals surface area (Å²) >= 11 is 0. The Hall–Kier alpha value is -1.31. The van der Waals surface area contributed by atoms with Crippen LogP contribution in [0.2, 0.25) is 0 Å². The molecule has 0 aromatic rings. The molecule has 1 aliphatic heterocycles. The van der Waals surface area contributed by atoms with Gasteiger partial charge >= 0.3 is 12.1 Å². The number of rotatable bonds is 3. The molecule has 0 aromatic heterocycles. The molecule has 1 saturated heterocycles. The highest BCUT2D eigenvalue weighted by Crippen LogP contribution is 2.21. The van der Waals surface area contributed by atoms with Crippen molar-refractivity contribution < 1.29 is 22.8 Å². The number of amides is 2. The van der Waals surface area contributed by atoms with Crippen LogP contribution in [0, 0.1) is 0 Å². The first kappa shape index (κ1) is 12.8. The summed E-state index contributed by atoms with van der Waals surface area (Å²) < 4.78 is 35.8. The van der Waals surface area contributed by atoms with Crippen molar-refractivity contribution in [1.29, 1.82) is 0 Å². The summed E-state index contributed by atoms with van der Waals surface area (Å²) in [4.78, 5) is 22.4. The van der Waals surface area contributed by atoms with Gasteiger partial charge in [-0.15, -0.1) is 0 Å². The standard InChI is InChI=1S/C8H12F3N3O2/c1-12-2-6(15)13-5-3-14(4-5)7(16)8(9,10)11/h5,12H,2-4H2,1H3,(H,13,15). The van der Waals surface area contributed by atoms with Crippen LogP contribution in [0.3, 0.4) is 0 Å². The van der Waals surface area contributed by atoms with Crippen molar-refractivity contribution in [1.82, 2.24) is 15.5 Å². The van der Waals surface area contributed by atoms with Crippen LogP contribution in [-0.4, -0.2) is 55.6 Å². The molecule has 1 heterocycles. The first-order valence-corrected chi connectivity index (χ1v) is 4.64. The third-order valence-electron chi connectivity index (χ3n) is 2.11. The van der Waals surface area contributed by atoms with Crippen LogP contribution in [0.15, 0.2) is 0 Å². The fourth-order valence-electron chi connectivity index (χ4n) is 1.35. The van der Waals surface area contributed by atoms with Crippen LogP contribution in [-0.2, 0) is 9.59 Å². The second kappa shape index (κ2) is 4.69. The van der Waals surface area contributed by atoms with Gasteiger partial charge in [0.2, 0.25) is 5.91 Å². The first-order valence-electron chi connectivity index (χ1n) is 4.64. The predicted molar refractivity (Wildman–Crippen MR) is 48.5 cm³/mol. The molecule has 0 atom stereocenters. The molecular formula is C8H12F3N3O2. The summed E-state index contributed by atoms with van der Waals surface area (Å²) in [5.41, 5.74) is 0. The van der Waals surface area contributed by atoms with Crippen molar-refractivity contribution in [2.45, 2.75) is 12.2 Å². The zero-order valence-corrected chi connectivity index (χ0v) is 8.60. The second-order valence-corrected chi connectivity index (χ2v) is 3.50. The van der Waals surface area contributed by atoms with Crippen molar-refractivity contribution in [2.75, 3.05) is 26.7 Å². The average molecular weight is 239 g/mol. The average Bonchev–Trinajstić information content (AvgIpc) is 2.08. The van der Waals surface area contributed by atoms with E-state index in [1.165, 1.54) is 0 Å². The van der Waals surface area contributed by atoms with Gasteiger partial charge in [0.1, 0.15) is 0 Å². The molecule has 2 amide bonds. The molecule has 0 aromatic carbocycles. The Labute approximate surface area is 90.0 Å². The van der Waals surface area contributed by atoms with Gasteiger partial charge in [-0.05, 0) is 7.05 Å². The molecule has 0 radical (unpaired) electrons. The lowest BCUT2D eigenvalue weighted by Crippen LogP contribution is -2.63. The molecule has 1 fully saturated rings. The van der Waals surface area contributed by atoms with Gasteiger partial charge in [0.25, 0.3) is 0 Å². The zero-order chi connectivity index (χ0) is 12.3. The molecule has 1 rings (SSSR count). The van der Waals surface area contributed by atoms with E-state index in [0.717, 1.165) is 0 Å². The van der Waals surface area contributed by atoms with E-state index in [2.05, 4.69) is 10.6 Å². The molecule has 16 heavy (non-hydrogen) atoms. The molecule has 92 valence electrons. The minimum absolute atomic E-state index is 0.0895. The number of nitrogens with one attached hydrogen (secondary N) is 2. The van der Waals surface area contributed by atoms with Crippen LogP contribution < -0.4 is 10.6 Å². The van der Waals surface area contributed by atoms with Crippen LogP contribution in [0.4, 0.5) is 13.2 Å². The Morgan fingerprint density at radius 2 is 1.94 bits per heavy atom. The minimum Gasteiger partial charge on any atom is -0.349 e. The quantitative estimate of drug-likeness (QED) is 0.670. The van der Waals surface area contributed by atoms with E-state index >= 15 is 0 Å². The number of hydrogen-bond acceptors (Lipinski definition) is 3. The minimum atomic E-state index is -4.83. The monoisotopic (exact) mass is 239 g/mol. The first-order chi connectivity index (χ1) is 7.34. The largest absolute Gasteiger partial charge is 0.471 e. The predicted octanol–water partition coefficient (Wildman–Crippen LogP) is -0.905. The third-order valence-corrected chi connectivity index (χ3v) is 2.11. The molecular weight excluding hydrogens is 227 g/mol. The molecule has 0 spiro atoms. The maximum absolute atomic E-state index is 11.9. The number of hydrogen-bond donors (Lipinski definition) is 2. The smallest absolute Gasteiger partial charge is 0.349 e. The molecule has 5 nitrogen and oxygen atoms in total. The summed E-state index contributed by atoms with van der Waals surface area (Å²) in [6.07, 6.45) is -4.83. The van der Waals surface area contributed by atoms with Gasteiger partial charge in [-0.2, -0.15) is 13.2 Å². The Morgan fingerprint density at radius 3 is 2.38 bits per heavy atom. The van der Waals surface area contributed by atoms with Gasteiger partial charge in [-0.3, -0.25) is 9.59 Å². The Bertz CT molecular complexity index is 287. The zero-order valence-electron chi connectivity index (χ0n) is 8.60. The van der Waals surface area contributed by atoms with Gasteiger partial charge < -0.3 is 15.5 Å². The van der Waals surface area contributed by atoms with Gasteiger partial charge in [-0.25, -0.2) is 0 Å². The van der Waals surface area contributed by atoms with E-state index in [4.69, 9.17) is 0 Å². The van der Waals surface area contributed by atoms with Gasteiger partial charge in [-0.1, -0.05) is 0 Å². The van der Waals surface area contributed by atoms with Crippen LogP contribution in [0.1, 0.15) is 0 Å². The SMILES string of the molecule is CNCC(=O)NC1CN(C(=O)C(F)(F)F)C1. The van der Waals surface area contributed by atoms with E-state index in [9.17, 15) is 22.8 Å². The Kier molecular flexibility index (Phi) is 3.74. The van der Waals surface area contributed by atoms with Gasteiger partial charge in [0.15, 0.2) is 0 Å². The number of halogens is 3. The molecule has 0 bridgehead atoms. The number of alkyl halides is 3. The summed E-state index contributed by atoms with van der Waals surface area (Å²) in [6.45, 7) is -0.0781. The van der Waals surface area contributed by atoms with Crippen molar-refractivity contribution in [2.24, 2.45) is 0 Å². The highest BCUT2D eigenvalue weighted by Gasteiger charge is 2.46. The summed E-state index contributed by atoms with van der Waals surface area (Å²) in [5.74, 6) is -2.15. The summed E-state index contributed by atoms with van der Waals surface area (Å²) in [5, 5.41) is 5.10. The maximum atomic E-state index is 11.9. The Balaban J connectivity index is 2.28. The van der Waals surface area contributed by atoms with E-state index < -0.39 is 12.1 Å². The number of likely N-dealkylation sites (tertiary alicyclic amines) is 1. The lowest BCUT2D eigenvalue weighted by Gasteiger charge is -2.39. The lowest BCUT2D eigenvalue weighted by atomic mass is 10.1. The molecule has 0 saturated carbocycles. The normalized spacial score (nSPS) is 16.9. The number of likely N-dealkylation sites (N-methyl/N-ethyl adjacent to an activating group) is 1. The number of carbonyl (C=O) groups is 2. The fourth-order valence-corrected chi connectivity index (χ4v) is 1.35. The van der Waals surface area contributed by atoms with E-state index in [1.807, 2.05) is 0 Å². The van der Waals surface area contributed by atoms with Crippen LogP contribution in [0.25, 0.3) is 0 Å². The van der Waals surface area contributed by atoms with E-state index in [1.54, 1.807) is 7.05 Å². The second-order valence-electron chi connectivity index (χ2n) is 3.50. The van der Waals surface area contributed by atoms with E-state index in [0.29, 0.717) is 4.90 Å². The highest BCUT2D eigenvalue weighted by atomic mass is 19.4. The Morgan fingerprint density at radius 1 is 1.38 bits per heavy atom. The molecule has 0 unspecified atom stereocenters. The van der Waals surface area contributed by atoms with Crippen LogP contribution >= 0.6 is 0 Å². The maximum Gasteiger partial charge on any atom is 0.471 e. The van der Waals surface area contributed by atoms with Crippen molar-refractivity contribution >= 4 is 11.8 Å². The summed E-state index contributed by atoms with van der Waals surface area (Å²) in [6, 6.07) is -0.382. The van der Waals surface area contributed by atoms with Gasteiger partial charge in [0, 0.05) is 13.1 Å².